The molecule has 0 fully saturated rings. The van der Waals surface area contributed by atoms with Gasteiger partial charge in [-0.25, -0.2) is 13.2 Å². The molecule has 2 atom stereocenters. The van der Waals surface area contributed by atoms with E-state index >= 15 is 0 Å². The Morgan fingerprint density at radius 1 is 0.900 bits per heavy atom. The lowest BCUT2D eigenvalue weighted by atomic mass is 10.0. The van der Waals surface area contributed by atoms with Crippen molar-refractivity contribution in [3.8, 4) is 5.75 Å². The van der Waals surface area contributed by atoms with Gasteiger partial charge in [-0.2, -0.15) is 0 Å². The van der Waals surface area contributed by atoms with Crippen LogP contribution in [-0.4, -0.2) is 6.04 Å². The summed E-state index contributed by atoms with van der Waals surface area (Å²) in [5.74, 6) is -1.81. The number of benzene rings is 2. The fourth-order valence-corrected chi connectivity index (χ4v) is 1.87. The minimum Gasteiger partial charge on any atom is -0.484 e. The highest BCUT2D eigenvalue weighted by Crippen LogP contribution is 2.25. The Morgan fingerprint density at radius 3 is 1.95 bits per heavy atom. The third kappa shape index (κ3) is 3.51. The molecule has 2 aromatic carbocycles. The summed E-state index contributed by atoms with van der Waals surface area (Å²) in [7, 11) is 0. The lowest BCUT2D eigenvalue weighted by molar-refractivity contribution is 0.179. The first-order valence-electron chi connectivity index (χ1n) is 6.09. The Labute approximate surface area is 115 Å². The Bertz CT molecular complexity index is 564. The average molecular weight is 281 g/mol. The fraction of sp³-hybridized carbons (Fsp3) is 0.200. The van der Waals surface area contributed by atoms with Gasteiger partial charge < -0.3 is 10.5 Å². The Balaban J connectivity index is 2.27. The molecular formula is C15H14F3NO. The molecule has 0 aliphatic carbocycles. The SMILES string of the molecule is CC(N)C(Oc1cc(F)cc(F)c1)c1ccc(F)cc1. The van der Waals surface area contributed by atoms with E-state index in [-0.39, 0.29) is 11.6 Å². The molecule has 0 aliphatic rings. The standard InChI is InChI=1S/C15H14F3NO/c1-9(19)15(10-2-4-11(16)5-3-10)20-14-7-12(17)6-13(18)8-14/h2-9,15H,19H2,1H3. The Kier molecular flexibility index (Phi) is 4.29. The zero-order chi connectivity index (χ0) is 14.7. The molecule has 0 saturated carbocycles. The van der Waals surface area contributed by atoms with Crippen LogP contribution in [0.15, 0.2) is 42.5 Å². The van der Waals surface area contributed by atoms with Gasteiger partial charge in [0, 0.05) is 24.2 Å². The van der Waals surface area contributed by atoms with E-state index in [0.29, 0.717) is 5.56 Å². The highest BCUT2D eigenvalue weighted by atomic mass is 19.1. The van der Waals surface area contributed by atoms with Crippen molar-refractivity contribution in [1.29, 1.82) is 0 Å². The third-order valence-electron chi connectivity index (χ3n) is 2.78. The number of rotatable bonds is 4. The van der Waals surface area contributed by atoms with Crippen LogP contribution < -0.4 is 10.5 Å². The van der Waals surface area contributed by atoms with Crippen molar-refractivity contribution < 1.29 is 17.9 Å². The van der Waals surface area contributed by atoms with Crippen LogP contribution in [0.4, 0.5) is 13.2 Å². The van der Waals surface area contributed by atoms with Crippen LogP contribution in [-0.2, 0) is 0 Å². The van der Waals surface area contributed by atoms with Crippen molar-refractivity contribution in [3.63, 3.8) is 0 Å². The summed E-state index contributed by atoms with van der Waals surface area (Å²) >= 11 is 0. The topological polar surface area (TPSA) is 35.2 Å². The van der Waals surface area contributed by atoms with Crippen LogP contribution in [0.1, 0.15) is 18.6 Å². The molecular weight excluding hydrogens is 267 g/mol. The smallest absolute Gasteiger partial charge is 0.138 e. The monoisotopic (exact) mass is 281 g/mol. The predicted molar refractivity (Wildman–Crippen MR) is 69.8 cm³/mol. The summed E-state index contributed by atoms with van der Waals surface area (Å²) in [6, 6.07) is 8.07. The highest BCUT2D eigenvalue weighted by Gasteiger charge is 2.19. The molecule has 0 amide bonds. The van der Waals surface area contributed by atoms with E-state index in [4.69, 9.17) is 10.5 Å². The molecule has 2 N–H and O–H groups in total. The second kappa shape index (κ2) is 5.96. The van der Waals surface area contributed by atoms with Crippen LogP contribution >= 0.6 is 0 Å². The first kappa shape index (κ1) is 14.4. The van der Waals surface area contributed by atoms with E-state index < -0.39 is 23.8 Å². The van der Waals surface area contributed by atoms with Gasteiger partial charge >= 0.3 is 0 Å². The zero-order valence-electron chi connectivity index (χ0n) is 10.8. The molecule has 106 valence electrons. The molecule has 0 heterocycles. The van der Waals surface area contributed by atoms with Gasteiger partial charge in [0.25, 0.3) is 0 Å². The van der Waals surface area contributed by atoms with Gasteiger partial charge in [-0.15, -0.1) is 0 Å². The summed E-state index contributed by atoms with van der Waals surface area (Å²) in [6.07, 6.45) is -0.628. The quantitative estimate of drug-likeness (QED) is 0.929. The van der Waals surface area contributed by atoms with Gasteiger partial charge in [0.05, 0.1) is 0 Å². The number of halogens is 3. The number of hydrogen-bond donors (Lipinski definition) is 1. The summed E-state index contributed by atoms with van der Waals surface area (Å²) in [6.45, 7) is 1.70. The van der Waals surface area contributed by atoms with Gasteiger partial charge in [0.15, 0.2) is 0 Å². The second-order valence-electron chi connectivity index (χ2n) is 4.55. The second-order valence-corrected chi connectivity index (χ2v) is 4.55. The summed E-state index contributed by atoms with van der Waals surface area (Å²) in [5.41, 5.74) is 6.46. The summed E-state index contributed by atoms with van der Waals surface area (Å²) in [5, 5.41) is 0. The summed E-state index contributed by atoms with van der Waals surface area (Å²) < 4.78 is 44.7. The van der Waals surface area contributed by atoms with E-state index in [1.54, 1.807) is 6.92 Å². The van der Waals surface area contributed by atoms with Crippen LogP contribution in [0, 0.1) is 17.5 Å². The highest BCUT2D eigenvalue weighted by molar-refractivity contribution is 5.27. The molecule has 20 heavy (non-hydrogen) atoms. The lowest BCUT2D eigenvalue weighted by Gasteiger charge is -2.23. The van der Waals surface area contributed by atoms with Crippen LogP contribution in [0.5, 0.6) is 5.75 Å². The van der Waals surface area contributed by atoms with Gasteiger partial charge in [0.1, 0.15) is 29.3 Å². The minimum absolute atomic E-state index is 0.0362. The first-order valence-corrected chi connectivity index (χ1v) is 6.09. The number of ether oxygens (including phenoxy) is 1. The molecule has 0 aliphatic heterocycles. The van der Waals surface area contributed by atoms with E-state index in [9.17, 15) is 13.2 Å². The normalized spacial score (nSPS) is 13.8. The zero-order valence-corrected chi connectivity index (χ0v) is 10.8. The number of hydrogen-bond acceptors (Lipinski definition) is 2. The maximum Gasteiger partial charge on any atom is 0.138 e. The van der Waals surface area contributed by atoms with Crippen molar-refractivity contribution in [3.05, 3.63) is 65.5 Å². The van der Waals surface area contributed by atoms with Gasteiger partial charge in [-0.3, -0.25) is 0 Å². The molecule has 0 saturated heterocycles. The van der Waals surface area contributed by atoms with Crippen molar-refractivity contribution in [1.82, 2.24) is 0 Å². The van der Waals surface area contributed by atoms with Gasteiger partial charge in [-0.05, 0) is 24.6 Å². The molecule has 0 aromatic heterocycles. The van der Waals surface area contributed by atoms with Crippen molar-refractivity contribution in [2.75, 3.05) is 0 Å². The van der Waals surface area contributed by atoms with E-state index in [0.717, 1.165) is 18.2 Å². The average Bonchev–Trinajstić information content (AvgIpc) is 2.36. The maximum absolute atomic E-state index is 13.1. The largest absolute Gasteiger partial charge is 0.484 e. The van der Waals surface area contributed by atoms with E-state index in [2.05, 4.69) is 0 Å². The molecule has 0 spiro atoms. The Hall–Kier alpha value is -2.01. The molecule has 2 rings (SSSR count). The van der Waals surface area contributed by atoms with Gasteiger partial charge in [-0.1, -0.05) is 12.1 Å². The van der Waals surface area contributed by atoms with Crippen LogP contribution in [0.25, 0.3) is 0 Å². The lowest BCUT2D eigenvalue weighted by Crippen LogP contribution is -2.29. The predicted octanol–water partition coefficient (Wildman–Crippen LogP) is 3.57. The molecule has 0 bridgehead atoms. The molecule has 0 radical (unpaired) electrons. The van der Waals surface area contributed by atoms with Crippen molar-refractivity contribution in [2.45, 2.75) is 19.1 Å². The molecule has 2 nitrogen and oxygen atoms in total. The summed E-state index contributed by atoms with van der Waals surface area (Å²) in [4.78, 5) is 0. The molecule has 5 heteroatoms. The van der Waals surface area contributed by atoms with E-state index in [1.807, 2.05) is 0 Å². The molecule has 2 unspecified atom stereocenters. The van der Waals surface area contributed by atoms with Gasteiger partial charge in [0.2, 0.25) is 0 Å². The van der Waals surface area contributed by atoms with E-state index in [1.165, 1.54) is 24.3 Å². The molecule has 2 aromatic rings. The first-order chi connectivity index (χ1) is 9.45. The van der Waals surface area contributed by atoms with Crippen molar-refractivity contribution >= 4 is 0 Å². The van der Waals surface area contributed by atoms with Crippen LogP contribution in [0.2, 0.25) is 0 Å². The minimum atomic E-state index is -0.734. The third-order valence-corrected chi connectivity index (χ3v) is 2.78. The maximum atomic E-state index is 13.1. The van der Waals surface area contributed by atoms with Crippen LogP contribution in [0.3, 0.4) is 0 Å². The van der Waals surface area contributed by atoms with Crippen molar-refractivity contribution in [2.24, 2.45) is 5.73 Å². The fourth-order valence-electron chi connectivity index (χ4n) is 1.87. The number of nitrogens with two attached hydrogens (primary N) is 1. The Morgan fingerprint density at radius 2 is 1.45 bits per heavy atom.